The molecule has 0 aromatic heterocycles. The first-order valence-corrected chi connectivity index (χ1v) is 9.15. The van der Waals surface area contributed by atoms with Gasteiger partial charge >= 0.3 is 0 Å². The van der Waals surface area contributed by atoms with Crippen molar-refractivity contribution in [2.24, 2.45) is 0 Å². The molecule has 0 amide bonds. The van der Waals surface area contributed by atoms with Crippen LogP contribution in [0.15, 0.2) is 32.0 Å². The Hall–Kier alpha value is 0.01000. The van der Waals surface area contributed by atoms with Crippen LogP contribution in [0.3, 0.4) is 0 Å². The van der Waals surface area contributed by atoms with Gasteiger partial charge in [-0.15, -0.1) is 0 Å². The van der Waals surface area contributed by atoms with Gasteiger partial charge in [0.2, 0.25) is 10.0 Å². The SMILES string of the molecule is CCOC(CNS(=O)(=O)c1cc(Br)ccc1Br)OCC. The van der Waals surface area contributed by atoms with Crippen LogP contribution in [0.2, 0.25) is 0 Å². The first kappa shape index (κ1) is 18.1. The second-order valence-corrected chi connectivity index (χ2v) is 7.27. The molecule has 0 fully saturated rings. The van der Waals surface area contributed by atoms with E-state index in [9.17, 15) is 8.42 Å². The van der Waals surface area contributed by atoms with E-state index in [1.807, 2.05) is 13.8 Å². The fourth-order valence-electron chi connectivity index (χ4n) is 1.48. The second kappa shape index (κ2) is 8.45. The number of sulfonamides is 1. The van der Waals surface area contributed by atoms with Gasteiger partial charge in [0.05, 0.1) is 11.4 Å². The number of ether oxygens (including phenoxy) is 2. The Balaban J connectivity index is 2.81. The lowest BCUT2D eigenvalue weighted by atomic mass is 10.4. The second-order valence-electron chi connectivity index (χ2n) is 3.77. The molecule has 114 valence electrons. The van der Waals surface area contributed by atoms with E-state index in [0.29, 0.717) is 22.2 Å². The molecule has 0 aliphatic carbocycles. The van der Waals surface area contributed by atoms with Crippen LogP contribution in [0, 0.1) is 0 Å². The molecule has 5 nitrogen and oxygen atoms in total. The highest BCUT2D eigenvalue weighted by Gasteiger charge is 2.20. The quantitative estimate of drug-likeness (QED) is 0.644. The van der Waals surface area contributed by atoms with E-state index in [-0.39, 0.29) is 11.4 Å². The van der Waals surface area contributed by atoms with Gasteiger partial charge in [0.15, 0.2) is 6.29 Å². The highest BCUT2D eigenvalue weighted by Crippen LogP contribution is 2.25. The van der Waals surface area contributed by atoms with Crippen LogP contribution in [0.1, 0.15) is 13.8 Å². The smallest absolute Gasteiger partial charge is 0.241 e. The summed E-state index contributed by atoms with van der Waals surface area (Å²) < 4.78 is 38.8. The molecule has 0 aliphatic heterocycles. The summed E-state index contributed by atoms with van der Waals surface area (Å²) in [4.78, 5) is 0.165. The van der Waals surface area contributed by atoms with Crippen molar-refractivity contribution >= 4 is 41.9 Å². The van der Waals surface area contributed by atoms with Crippen molar-refractivity contribution in [1.29, 1.82) is 0 Å². The van der Waals surface area contributed by atoms with Gasteiger partial charge in [-0.1, -0.05) is 15.9 Å². The van der Waals surface area contributed by atoms with Crippen LogP contribution in [-0.2, 0) is 19.5 Å². The molecule has 0 aliphatic rings. The molecule has 0 atom stereocenters. The van der Waals surface area contributed by atoms with Gasteiger partial charge in [0.25, 0.3) is 0 Å². The van der Waals surface area contributed by atoms with Gasteiger partial charge < -0.3 is 9.47 Å². The summed E-state index contributed by atoms with van der Waals surface area (Å²) in [5.74, 6) is 0. The van der Waals surface area contributed by atoms with Crippen molar-refractivity contribution in [2.45, 2.75) is 25.0 Å². The van der Waals surface area contributed by atoms with Gasteiger partial charge in [-0.05, 0) is 48.0 Å². The minimum absolute atomic E-state index is 0.0585. The van der Waals surface area contributed by atoms with Gasteiger partial charge in [-0.2, -0.15) is 0 Å². The Kier molecular flexibility index (Phi) is 7.63. The topological polar surface area (TPSA) is 64.6 Å². The third-order valence-corrected chi connectivity index (χ3v) is 5.24. The molecular formula is C12H17Br2NO4S. The number of rotatable bonds is 8. The van der Waals surface area contributed by atoms with Crippen molar-refractivity contribution < 1.29 is 17.9 Å². The van der Waals surface area contributed by atoms with Crippen molar-refractivity contribution in [3.8, 4) is 0 Å². The molecule has 1 N–H and O–H groups in total. The average Bonchev–Trinajstić information content (AvgIpc) is 2.39. The van der Waals surface area contributed by atoms with E-state index in [0.717, 1.165) is 0 Å². The zero-order valence-electron chi connectivity index (χ0n) is 11.2. The van der Waals surface area contributed by atoms with E-state index in [1.165, 1.54) is 6.07 Å². The van der Waals surface area contributed by atoms with Crippen LogP contribution in [-0.4, -0.2) is 34.5 Å². The minimum Gasteiger partial charge on any atom is -0.352 e. The van der Waals surface area contributed by atoms with Crippen LogP contribution in [0.5, 0.6) is 0 Å². The molecule has 20 heavy (non-hydrogen) atoms. The predicted molar refractivity (Wildman–Crippen MR) is 84.1 cm³/mol. The standard InChI is InChI=1S/C12H17Br2NO4S/c1-3-18-12(19-4-2)8-15-20(16,17)11-7-9(13)5-6-10(11)14/h5-7,12,15H,3-4,8H2,1-2H3. The fraction of sp³-hybridized carbons (Fsp3) is 0.500. The van der Waals surface area contributed by atoms with Crippen molar-refractivity contribution in [3.63, 3.8) is 0 Å². The van der Waals surface area contributed by atoms with E-state index in [4.69, 9.17) is 9.47 Å². The molecule has 1 aromatic rings. The Morgan fingerprint density at radius 1 is 1.20 bits per heavy atom. The maximum Gasteiger partial charge on any atom is 0.241 e. The van der Waals surface area contributed by atoms with Gasteiger partial charge in [0, 0.05) is 22.2 Å². The molecule has 1 rings (SSSR count). The average molecular weight is 431 g/mol. The monoisotopic (exact) mass is 429 g/mol. The Morgan fingerprint density at radius 2 is 1.80 bits per heavy atom. The Bertz CT molecular complexity index is 530. The number of hydrogen-bond acceptors (Lipinski definition) is 4. The van der Waals surface area contributed by atoms with Crippen LogP contribution >= 0.6 is 31.9 Å². The molecule has 0 bridgehead atoms. The zero-order valence-corrected chi connectivity index (χ0v) is 15.2. The molecule has 1 aromatic carbocycles. The summed E-state index contributed by atoms with van der Waals surface area (Å²) >= 11 is 6.49. The van der Waals surface area contributed by atoms with E-state index < -0.39 is 16.3 Å². The molecule has 0 saturated heterocycles. The lowest BCUT2D eigenvalue weighted by molar-refractivity contribution is -0.130. The van der Waals surface area contributed by atoms with E-state index in [1.54, 1.807) is 12.1 Å². The summed E-state index contributed by atoms with van der Waals surface area (Å²) in [5, 5.41) is 0. The molecule has 0 unspecified atom stereocenters. The van der Waals surface area contributed by atoms with Crippen molar-refractivity contribution in [3.05, 3.63) is 27.1 Å². The number of halogens is 2. The Morgan fingerprint density at radius 3 is 2.35 bits per heavy atom. The van der Waals surface area contributed by atoms with Crippen LogP contribution in [0.4, 0.5) is 0 Å². The van der Waals surface area contributed by atoms with E-state index in [2.05, 4.69) is 36.6 Å². The van der Waals surface area contributed by atoms with Crippen LogP contribution in [0.25, 0.3) is 0 Å². The fourth-order valence-corrected chi connectivity index (χ4v) is 3.99. The first-order chi connectivity index (χ1) is 9.40. The first-order valence-electron chi connectivity index (χ1n) is 6.08. The van der Waals surface area contributed by atoms with Gasteiger partial charge in [-0.3, -0.25) is 0 Å². The third-order valence-electron chi connectivity index (χ3n) is 2.33. The van der Waals surface area contributed by atoms with Gasteiger partial charge in [-0.25, -0.2) is 13.1 Å². The number of hydrogen-bond donors (Lipinski definition) is 1. The minimum atomic E-state index is -3.63. The predicted octanol–water partition coefficient (Wildman–Crippen LogP) is 2.89. The van der Waals surface area contributed by atoms with Crippen molar-refractivity contribution in [2.75, 3.05) is 19.8 Å². The molecule has 0 radical (unpaired) electrons. The Labute approximate surface area is 136 Å². The highest BCUT2D eigenvalue weighted by atomic mass is 79.9. The number of benzene rings is 1. The molecule has 8 heteroatoms. The molecular weight excluding hydrogens is 414 g/mol. The molecule has 0 saturated carbocycles. The van der Waals surface area contributed by atoms with E-state index >= 15 is 0 Å². The summed E-state index contributed by atoms with van der Waals surface area (Å²) in [6.07, 6.45) is -0.592. The van der Waals surface area contributed by atoms with Gasteiger partial charge in [0.1, 0.15) is 0 Å². The largest absolute Gasteiger partial charge is 0.352 e. The normalized spacial score (nSPS) is 12.1. The highest BCUT2D eigenvalue weighted by molar-refractivity contribution is 9.11. The summed E-state index contributed by atoms with van der Waals surface area (Å²) in [6, 6.07) is 4.95. The van der Waals surface area contributed by atoms with Crippen molar-refractivity contribution in [1.82, 2.24) is 4.72 Å². The summed E-state index contributed by atoms with van der Waals surface area (Å²) in [5.41, 5.74) is 0. The zero-order chi connectivity index (χ0) is 15.2. The maximum absolute atomic E-state index is 12.2. The number of nitrogens with one attached hydrogen (secondary N) is 1. The molecule has 0 heterocycles. The van der Waals surface area contributed by atoms with Crippen LogP contribution < -0.4 is 4.72 Å². The third kappa shape index (κ3) is 5.42. The molecule has 0 spiro atoms. The summed E-state index contributed by atoms with van der Waals surface area (Å²) in [6.45, 7) is 4.61. The summed E-state index contributed by atoms with van der Waals surface area (Å²) in [7, 11) is -3.63. The lowest BCUT2D eigenvalue weighted by Crippen LogP contribution is -2.35. The lowest BCUT2D eigenvalue weighted by Gasteiger charge is -2.17. The maximum atomic E-state index is 12.2.